The van der Waals surface area contributed by atoms with Crippen molar-refractivity contribution in [2.45, 2.75) is 43.4 Å². The van der Waals surface area contributed by atoms with Crippen LogP contribution in [-0.2, 0) is 24.4 Å². The van der Waals surface area contributed by atoms with Crippen molar-refractivity contribution in [3.63, 3.8) is 0 Å². The molecule has 6 rings (SSSR count). The van der Waals surface area contributed by atoms with Gasteiger partial charge in [0.15, 0.2) is 0 Å². The van der Waals surface area contributed by atoms with Gasteiger partial charge in [-0.05, 0) is 78.5 Å². The summed E-state index contributed by atoms with van der Waals surface area (Å²) in [4.78, 5) is 41.0. The molecule has 1 aromatic heterocycles. The minimum Gasteiger partial charge on any atom is -0.480 e. The summed E-state index contributed by atoms with van der Waals surface area (Å²) in [5.41, 5.74) is -2.61. The fourth-order valence-corrected chi connectivity index (χ4v) is 6.79. The van der Waals surface area contributed by atoms with Crippen LogP contribution >= 0.6 is 0 Å². The number of hydrogen-bond acceptors (Lipinski definition) is 4. The average molecular weight is 678 g/mol. The number of amides is 1. The molecule has 1 heterocycles. The van der Waals surface area contributed by atoms with Crippen LogP contribution in [0.15, 0.2) is 77.6 Å². The fraction of sp³-hybridized carbons (Fsp3) is 0.270. The zero-order valence-electron chi connectivity index (χ0n) is 26.7. The monoisotopic (exact) mass is 677 g/mol. The van der Waals surface area contributed by atoms with Crippen molar-refractivity contribution in [2.75, 3.05) is 14.1 Å². The van der Waals surface area contributed by atoms with Crippen molar-refractivity contribution in [3.05, 3.63) is 117 Å². The molecule has 0 saturated heterocycles. The van der Waals surface area contributed by atoms with Gasteiger partial charge in [-0.15, -0.1) is 0 Å². The van der Waals surface area contributed by atoms with Crippen LogP contribution in [0.3, 0.4) is 0 Å². The Hall–Kier alpha value is -5.10. The van der Waals surface area contributed by atoms with Crippen molar-refractivity contribution in [1.82, 2.24) is 14.8 Å². The number of benzene rings is 4. The summed E-state index contributed by atoms with van der Waals surface area (Å²) in [7, 11) is 5.23. The van der Waals surface area contributed by atoms with Crippen LogP contribution < -0.4 is 10.9 Å². The van der Waals surface area contributed by atoms with Crippen LogP contribution in [0, 0.1) is 11.6 Å². The Bertz CT molecular complexity index is 2160. The van der Waals surface area contributed by atoms with E-state index in [4.69, 9.17) is 0 Å². The lowest BCUT2D eigenvalue weighted by atomic mass is 9.75. The van der Waals surface area contributed by atoms with E-state index < -0.39 is 58.0 Å². The lowest BCUT2D eigenvalue weighted by molar-refractivity contribution is -0.139. The van der Waals surface area contributed by atoms with Crippen LogP contribution in [0.4, 0.5) is 22.0 Å². The van der Waals surface area contributed by atoms with Crippen molar-refractivity contribution in [1.29, 1.82) is 0 Å². The first-order valence-electron chi connectivity index (χ1n) is 15.6. The van der Waals surface area contributed by atoms with Gasteiger partial charge in [-0.2, -0.15) is 13.2 Å². The third-order valence-electron chi connectivity index (χ3n) is 9.50. The first-order valence-corrected chi connectivity index (χ1v) is 15.6. The molecule has 1 aliphatic rings. The summed E-state index contributed by atoms with van der Waals surface area (Å²) in [6.07, 6.45) is -3.86. The van der Waals surface area contributed by atoms with E-state index >= 15 is 8.78 Å². The lowest BCUT2D eigenvalue weighted by Gasteiger charge is -2.40. The van der Waals surface area contributed by atoms with Gasteiger partial charge in [-0.3, -0.25) is 9.59 Å². The third kappa shape index (κ3) is 6.16. The van der Waals surface area contributed by atoms with E-state index in [9.17, 15) is 32.7 Å². The largest absolute Gasteiger partial charge is 0.480 e. The van der Waals surface area contributed by atoms with Crippen molar-refractivity contribution in [3.8, 4) is 11.1 Å². The van der Waals surface area contributed by atoms with E-state index in [0.29, 0.717) is 29.4 Å². The number of halogens is 5. The maximum absolute atomic E-state index is 15.1. The molecule has 5 aromatic rings. The maximum Gasteiger partial charge on any atom is 0.417 e. The summed E-state index contributed by atoms with van der Waals surface area (Å²) in [6, 6.07) is 15.5. The summed E-state index contributed by atoms with van der Waals surface area (Å²) in [6.45, 7) is 0. The number of alkyl halides is 3. The van der Waals surface area contributed by atoms with Crippen LogP contribution in [0.1, 0.15) is 45.8 Å². The molecule has 4 aromatic carbocycles. The fourth-order valence-electron chi connectivity index (χ4n) is 6.79. The Balaban J connectivity index is 1.35. The number of para-hydroxylation sites is 1. The molecule has 0 radical (unpaired) electrons. The standard InChI is InChI=1S/C37H32F5N3O4/c1-44(2)22-14-20(15-22)21-16-27(38)32(28(39)17-21)34(46)43-29(36(48)49)18-19-8-6-11-24-23(19)10-7-12-25(24)31-33(37(40,41)42)26-9-4-5-13-30(26)45(3)35(31)47/h4-13,16-17,20,22,29H,14-15,18H2,1-3H3,(H,43,46)(H,48,49)/t20?,22?,29-/m0/s1. The number of carboxylic acids is 1. The van der Waals surface area contributed by atoms with Gasteiger partial charge in [0, 0.05) is 24.9 Å². The quantitative estimate of drug-likeness (QED) is 0.175. The summed E-state index contributed by atoms with van der Waals surface area (Å²) >= 11 is 0. The highest BCUT2D eigenvalue weighted by molar-refractivity contribution is 6.02. The minimum atomic E-state index is -4.89. The summed E-state index contributed by atoms with van der Waals surface area (Å²) < 4.78 is 75.4. The van der Waals surface area contributed by atoms with Gasteiger partial charge in [-0.1, -0.05) is 54.6 Å². The molecule has 1 amide bonds. The number of carbonyl (C=O) groups is 2. The smallest absolute Gasteiger partial charge is 0.417 e. The van der Waals surface area contributed by atoms with Crippen LogP contribution in [-0.4, -0.2) is 52.6 Å². The molecule has 1 fully saturated rings. The molecule has 7 nitrogen and oxygen atoms in total. The van der Waals surface area contributed by atoms with E-state index in [1.807, 2.05) is 19.0 Å². The van der Waals surface area contributed by atoms with E-state index in [1.54, 1.807) is 6.07 Å². The Morgan fingerprint density at radius 3 is 2.18 bits per heavy atom. The van der Waals surface area contributed by atoms with E-state index in [2.05, 4.69) is 5.32 Å². The molecule has 1 saturated carbocycles. The first-order chi connectivity index (χ1) is 23.2. The second kappa shape index (κ2) is 12.7. The molecule has 0 aliphatic heterocycles. The highest BCUT2D eigenvalue weighted by atomic mass is 19.4. The Morgan fingerprint density at radius 1 is 0.939 bits per heavy atom. The number of aryl methyl sites for hydroxylation is 1. The molecule has 1 atom stereocenters. The van der Waals surface area contributed by atoms with Gasteiger partial charge in [0.1, 0.15) is 23.2 Å². The van der Waals surface area contributed by atoms with Crippen molar-refractivity contribution in [2.24, 2.45) is 7.05 Å². The molecule has 0 unspecified atom stereocenters. The molecular weight excluding hydrogens is 645 g/mol. The van der Waals surface area contributed by atoms with Crippen LogP contribution in [0.2, 0.25) is 0 Å². The average Bonchev–Trinajstić information content (AvgIpc) is 3.00. The molecule has 0 spiro atoms. The minimum absolute atomic E-state index is 0.0125. The SMILES string of the molecule is CN(C)C1CC(c2cc(F)c(C(=O)N[C@@H](Cc3cccc4c(-c5c(C(F)(F)F)c6ccccc6n(C)c5=O)cccc34)C(=O)O)c(F)c2)C1. The molecular formula is C37H32F5N3O4. The maximum atomic E-state index is 15.1. The highest BCUT2D eigenvalue weighted by Crippen LogP contribution is 2.42. The Morgan fingerprint density at radius 2 is 1.55 bits per heavy atom. The van der Waals surface area contributed by atoms with E-state index in [0.717, 1.165) is 16.7 Å². The number of rotatable bonds is 8. The number of fused-ring (bicyclic) bond motifs is 2. The number of aliphatic carboxylic acids is 1. The Kier molecular flexibility index (Phi) is 8.78. The van der Waals surface area contributed by atoms with Gasteiger partial charge in [0.25, 0.3) is 11.5 Å². The number of aromatic nitrogens is 1. The van der Waals surface area contributed by atoms with Crippen LogP contribution in [0.25, 0.3) is 32.8 Å². The van der Waals surface area contributed by atoms with Gasteiger partial charge < -0.3 is 19.9 Å². The first kappa shape index (κ1) is 33.8. The number of pyridine rings is 1. The van der Waals surface area contributed by atoms with Crippen molar-refractivity contribution < 1.29 is 36.6 Å². The van der Waals surface area contributed by atoms with E-state index in [1.165, 1.54) is 61.6 Å². The zero-order valence-corrected chi connectivity index (χ0v) is 26.7. The number of carboxylic acid groups (broad SMARTS) is 1. The normalized spacial score (nSPS) is 16.9. The lowest BCUT2D eigenvalue weighted by Crippen LogP contribution is -2.43. The molecule has 1 aliphatic carbocycles. The van der Waals surface area contributed by atoms with Gasteiger partial charge in [0.2, 0.25) is 0 Å². The van der Waals surface area contributed by atoms with Gasteiger partial charge in [-0.25, -0.2) is 13.6 Å². The molecule has 254 valence electrons. The highest BCUT2D eigenvalue weighted by Gasteiger charge is 2.39. The number of nitrogens with zero attached hydrogens (tertiary/aromatic N) is 2. The second-order valence-electron chi connectivity index (χ2n) is 12.7. The summed E-state index contributed by atoms with van der Waals surface area (Å²) in [5.74, 6) is -5.05. The Labute approximate surface area is 277 Å². The second-order valence-corrected chi connectivity index (χ2v) is 12.7. The topological polar surface area (TPSA) is 91.6 Å². The van der Waals surface area contributed by atoms with E-state index in [-0.39, 0.29) is 40.2 Å². The number of hydrogen-bond donors (Lipinski definition) is 2. The molecule has 0 bridgehead atoms. The predicted octanol–water partition coefficient (Wildman–Crippen LogP) is 6.89. The number of carbonyl (C=O) groups excluding carboxylic acids is 1. The summed E-state index contributed by atoms with van der Waals surface area (Å²) in [5, 5.41) is 12.6. The van der Waals surface area contributed by atoms with Gasteiger partial charge >= 0.3 is 12.1 Å². The zero-order chi connectivity index (χ0) is 35.4. The predicted molar refractivity (Wildman–Crippen MR) is 176 cm³/mol. The van der Waals surface area contributed by atoms with Crippen molar-refractivity contribution >= 4 is 33.6 Å². The van der Waals surface area contributed by atoms with Crippen LogP contribution in [0.5, 0.6) is 0 Å². The number of nitrogens with one attached hydrogen (secondary N) is 1. The molecule has 2 N–H and O–H groups in total. The molecule has 49 heavy (non-hydrogen) atoms. The molecule has 12 heteroatoms. The third-order valence-corrected chi connectivity index (χ3v) is 9.50. The van der Waals surface area contributed by atoms with Gasteiger partial charge in [0.05, 0.1) is 16.6 Å².